The number of amides is 1. The van der Waals surface area contributed by atoms with Crippen LogP contribution in [0.5, 0.6) is 0 Å². The number of carbonyl (C=O) groups is 1. The number of aromatic nitrogens is 2. The Bertz CT molecular complexity index is 1140. The number of sulfonamides is 1. The molecule has 1 fully saturated rings. The summed E-state index contributed by atoms with van der Waals surface area (Å²) < 4.78 is 36.8. The largest absolute Gasteiger partial charge is 0.376 e. The Balaban J connectivity index is 1.77. The predicted octanol–water partition coefficient (Wildman–Crippen LogP) is 2.71. The summed E-state index contributed by atoms with van der Waals surface area (Å²) >= 11 is 1.33. The first-order chi connectivity index (χ1) is 14.3. The van der Waals surface area contributed by atoms with E-state index in [-0.39, 0.29) is 23.5 Å². The van der Waals surface area contributed by atoms with Crippen molar-refractivity contribution in [2.75, 3.05) is 31.6 Å². The van der Waals surface area contributed by atoms with Crippen LogP contribution in [0.15, 0.2) is 41.4 Å². The molecule has 3 heterocycles. The van der Waals surface area contributed by atoms with Gasteiger partial charge in [-0.15, -0.1) is 0 Å². The number of carbonyl (C=O) groups excluding carboxylic acids is 1. The van der Waals surface area contributed by atoms with Crippen molar-refractivity contribution in [2.24, 2.45) is 7.05 Å². The molecule has 1 atom stereocenters. The lowest BCUT2D eigenvalue weighted by molar-refractivity contribution is 0.0818. The molecule has 2 aromatic heterocycles. The third kappa shape index (κ3) is 3.82. The van der Waals surface area contributed by atoms with Crippen molar-refractivity contribution in [3.63, 3.8) is 0 Å². The standard InChI is InChI=1S/C20H24N4O4S2/c1-22(2)19(25)17-11-15(13-23(17)3)30(26,27)24(12-14-7-6-10-28-14)20-21-16-8-4-5-9-18(16)29-20/h4-5,8-9,11,13-14H,6-7,10,12H2,1-3H3. The molecule has 8 nitrogen and oxygen atoms in total. The highest BCUT2D eigenvalue weighted by Gasteiger charge is 2.33. The predicted molar refractivity (Wildman–Crippen MR) is 117 cm³/mol. The Morgan fingerprint density at radius 2 is 2.10 bits per heavy atom. The van der Waals surface area contributed by atoms with Crippen LogP contribution in [0.2, 0.25) is 0 Å². The molecule has 160 valence electrons. The molecule has 10 heteroatoms. The average Bonchev–Trinajstić information content (AvgIpc) is 3.44. The summed E-state index contributed by atoms with van der Waals surface area (Å²) in [5.41, 5.74) is 1.06. The number of nitrogens with zero attached hydrogens (tertiary/aromatic N) is 4. The molecule has 0 spiro atoms. The summed E-state index contributed by atoms with van der Waals surface area (Å²) in [4.78, 5) is 18.5. The monoisotopic (exact) mass is 448 g/mol. The van der Waals surface area contributed by atoms with Gasteiger partial charge in [0.05, 0.1) is 22.9 Å². The summed E-state index contributed by atoms with van der Waals surface area (Å²) in [5, 5.41) is 0.399. The van der Waals surface area contributed by atoms with Crippen LogP contribution < -0.4 is 4.31 Å². The van der Waals surface area contributed by atoms with Gasteiger partial charge >= 0.3 is 0 Å². The van der Waals surface area contributed by atoms with E-state index in [1.807, 2.05) is 24.3 Å². The summed E-state index contributed by atoms with van der Waals surface area (Å²) in [7, 11) is 0.991. The van der Waals surface area contributed by atoms with Gasteiger partial charge in [0.2, 0.25) is 5.13 Å². The van der Waals surface area contributed by atoms with Gasteiger partial charge < -0.3 is 14.2 Å². The van der Waals surface area contributed by atoms with Gasteiger partial charge in [0.25, 0.3) is 15.9 Å². The van der Waals surface area contributed by atoms with E-state index >= 15 is 0 Å². The number of anilines is 1. The molecular weight excluding hydrogens is 424 g/mol. The van der Waals surface area contributed by atoms with E-state index in [9.17, 15) is 13.2 Å². The smallest absolute Gasteiger partial charge is 0.269 e. The van der Waals surface area contributed by atoms with Crippen LogP contribution in [-0.2, 0) is 21.8 Å². The zero-order valence-electron chi connectivity index (χ0n) is 17.1. The quantitative estimate of drug-likeness (QED) is 0.579. The van der Waals surface area contributed by atoms with Gasteiger partial charge in [0.15, 0.2) is 0 Å². The summed E-state index contributed by atoms with van der Waals surface area (Å²) in [6, 6.07) is 8.99. The molecule has 0 N–H and O–H groups in total. The second-order valence-electron chi connectivity index (χ2n) is 7.51. The van der Waals surface area contributed by atoms with Gasteiger partial charge in [-0.05, 0) is 31.0 Å². The van der Waals surface area contributed by atoms with E-state index in [4.69, 9.17) is 4.74 Å². The molecule has 1 aliphatic rings. The van der Waals surface area contributed by atoms with Crippen molar-refractivity contribution in [3.8, 4) is 0 Å². The third-order valence-corrected chi connectivity index (χ3v) is 7.98. The minimum Gasteiger partial charge on any atom is -0.376 e. The number of para-hydroxylation sites is 1. The van der Waals surface area contributed by atoms with Gasteiger partial charge in [0, 0.05) is 33.9 Å². The number of ether oxygens (including phenoxy) is 1. The lowest BCUT2D eigenvalue weighted by Crippen LogP contribution is -2.37. The summed E-state index contributed by atoms with van der Waals surface area (Å²) in [6.45, 7) is 0.819. The van der Waals surface area contributed by atoms with Crippen LogP contribution in [0, 0.1) is 0 Å². The van der Waals surface area contributed by atoms with Crippen LogP contribution in [0.25, 0.3) is 10.2 Å². The van der Waals surface area contributed by atoms with Crippen molar-refractivity contribution in [3.05, 3.63) is 42.2 Å². The molecule has 30 heavy (non-hydrogen) atoms. The van der Waals surface area contributed by atoms with Crippen molar-refractivity contribution in [1.29, 1.82) is 0 Å². The fourth-order valence-electron chi connectivity index (χ4n) is 3.46. The molecule has 0 bridgehead atoms. The van der Waals surface area contributed by atoms with Crippen molar-refractivity contribution < 1.29 is 17.9 Å². The van der Waals surface area contributed by atoms with Crippen LogP contribution in [-0.4, -0.2) is 62.1 Å². The van der Waals surface area contributed by atoms with E-state index in [0.29, 0.717) is 17.4 Å². The fourth-order valence-corrected chi connectivity index (χ4v) is 6.17. The average molecular weight is 449 g/mol. The molecule has 0 radical (unpaired) electrons. The minimum atomic E-state index is -3.94. The lowest BCUT2D eigenvalue weighted by Gasteiger charge is -2.23. The third-order valence-electron chi connectivity index (χ3n) is 5.08. The maximum absolute atomic E-state index is 13.7. The van der Waals surface area contributed by atoms with Gasteiger partial charge in [-0.3, -0.25) is 4.79 Å². The second-order valence-corrected chi connectivity index (χ2v) is 10.4. The SMILES string of the molecule is CN(C)C(=O)c1cc(S(=O)(=O)N(CC2CCCO2)c2nc3ccccc3s2)cn1C. The minimum absolute atomic E-state index is 0.0625. The first-order valence-electron chi connectivity index (χ1n) is 9.65. The number of aryl methyl sites for hydroxylation is 1. The Hall–Kier alpha value is -2.43. The molecular formula is C20H24N4O4S2. The normalized spacial score (nSPS) is 16.8. The van der Waals surface area contributed by atoms with Gasteiger partial charge in [0.1, 0.15) is 10.6 Å². The first-order valence-corrected chi connectivity index (χ1v) is 11.9. The Kier molecular flexibility index (Phi) is 5.56. The Morgan fingerprint density at radius 1 is 1.33 bits per heavy atom. The molecule has 1 unspecified atom stereocenters. The Labute approximate surface area is 179 Å². The molecule has 0 aliphatic carbocycles. The highest BCUT2D eigenvalue weighted by molar-refractivity contribution is 7.93. The van der Waals surface area contributed by atoms with Crippen LogP contribution >= 0.6 is 11.3 Å². The molecule has 4 rings (SSSR count). The number of hydrogen-bond acceptors (Lipinski definition) is 6. The van der Waals surface area contributed by atoms with E-state index < -0.39 is 10.0 Å². The van der Waals surface area contributed by atoms with Crippen LogP contribution in [0.4, 0.5) is 5.13 Å². The highest BCUT2D eigenvalue weighted by Crippen LogP contribution is 2.33. The van der Waals surface area contributed by atoms with Gasteiger partial charge in [-0.25, -0.2) is 17.7 Å². The fraction of sp³-hybridized carbons (Fsp3) is 0.400. The molecule has 1 amide bonds. The molecule has 3 aromatic rings. The zero-order valence-corrected chi connectivity index (χ0v) is 18.7. The number of thiazole rings is 1. The molecule has 1 saturated heterocycles. The molecule has 1 aromatic carbocycles. The second kappa shape index (κ2) is 8.01. The maximum atomic E-state index is 13.7. The number of fused-ring (bicyclic) bond motifs is 1. The van der Waals surface area contributed by atoms with Crippen LogP contribution in [0.1, 0.15) is 23.3 Å². The van der Waals surface area contributed by atoms with Crippen molar-refractivity contribution >= 4 is 42.6 Å². The number of benzene rings is 1. The lowest BCUT2D eigenvalue weighted by atomic mass is 10.2. The number of rotatable bonds is 6. The molecule has 0 saturated carbocycles. The maximum Gasteiger partial charge on any atom is 0.269 e. The van der Waals surface area contributed by atoms with Crippen molar-refractivity contribution in [1.82, 2.24) is 14.5 Å². The number of hydrogen-bond donors (Lipinski definition) is 0. The van der Waals surface area contributed by atoms with Gasteiger partial charge in [-0.1, -0.05) is 23.5 Å². The highest BCUT2D eigenvalue weighted by atomic mass is 32.2. The first kappa shape index (κ1) is 20.8. The topological polar surface area (TPSA) is 84.7 Å². The summed E-state index contributed by atoms with van der Waals surface area (Å²) in [5.74, 6) is -0.260. The van der Waals surface area contributed by atoms with E-state index in [1.165, 1.54) is 37.4 Å². The van der Waals surface area contributed by atoms with E-state index in [2.05, 4.69) is 4.98 Å². The van der Waals surface area contributed by atoms with E-state index in [1.54, 1.807) is 21.1 Å². The van der Waals surface area contributed by atoms with E-state index in [0.717, 1.165) is 23.1 Å². The summed E-state index contributed by atoms with van der Waals surface area (Å²) in [6.07, 6.45) is 3.00. The zero-order chi connectivity index (χ0) is 21.5. The van der Waals surface area contributed by atoms with Crippen LogP contribution in [0.3, 0.4) is 0 Å². The molecule has 1 aliphatic heterocycles. The van der Waals surface area contributed by atoms with Gasteiger partial charge in [-0.2, -0.15) is 0 Å². The van der Waals surface area contributed by atoms with Crippen molar-refractivity contribution in [2.45, 2.75) is 23.8 Å². The Morgan fingerprint density at radius 3 is 2.77 bits per heavy atom.